The first-order valence-electron chi connectivity index (χ1n) is 12.6. The molecule has 1 aromatic carbocycles. The van der Waals surface area contributed by atoms with Gasteiger partial charge >= 0.3 is 11.9 Å². The van der Waals surface area contributed by atoms with Crippen molar-refractivity contribution in [2.75, 3.05) is 6.61 Å². The Labute approximate surface area is 211 Å². The van der Waals surface area contributed by atoms with E-state index in [-0.39, 0.29) is 24.2 Å². The number of ether oxygens (including phenoxy) is 3. The third-order valence-corrected chi connectivity index (χ3v) is 9.23. The monoisotopic (exact) mass is 494 g/mol. The summed E-state index contributed by atoms with van der Waals surface area (Å²) in [7, 11) is 0. The van der Waals surface area contributed by atoms with Gasteiger partial charge in [-0.3, -0.25) is 9.59 Å². The summed E-state index contributed by atoms with van der Waals surface area (Å²) < 4.78 is 17.8. The average Bonchev–Trinajstić information content (AvgIpc) is 2.80. The van der Waals surface area contributed by atoms with Crippen molar-refractivity contribution in [1.29, 1.82) is 0 Å². The predicted octanol–water partition coefficient (Wildman–Crippen LogP) is 3.66. The number of esters is 2. The highest BCUT2D eigenvalue weighted by Crippen LogP contribution is 2.61. The Hall–Kier alpha value is -2.77. The van der Waals surface area contributed by atoms with Gasteiger partial charge in [0, 0.05) is 30.1 Å². The lowest BCUT2D eigenvalue weighted by Crippen LogP contribution is -2.72. The molecule has 0 aromatic heterocycles. The minimum atomic E-state index is -1.53. The van der Waals surface area contributed by atoms with Crippen LogP contribution in [0, 0.1) is 28.6 Å². The van der Waals surface area contributed by atoms with E-state index in [9.17, 15) is 19.5 Å². The van der Waals surface area contributed by atoms with Crippen LogP contribution in [0.1, 0.15) is 51.4 Å². The second-order valence-corrected chi connectivity index (χ2v) is 11.5. The molecule has 1 saturated heterocycles. The summed E-state index contributed by atoms with van der Waals surface area (Å²) in [5.74, 6) is -2.66. The van der Waals surface area contributed by atoms with E-state index < -0.39 is 52.4 Å². The lowest BCUT2D eigenvalue weighted by Gasteiger charge is -2.62. The molecule has 5 rings (SSSR count). The molecule has 1 N–H and O–H groups in total. The number of Topliss-reactive ketones (excluding diaryl/α,β-unsaturated/α-hetero) is 1. The van der Waals surface area contributed by atoms with Crippen molar-refractivity contribution in [1.82, 2.24) is 0 Å². The molecule has 1 heterocycles. The summed E-state index contributed by atoms with van der Waals surface area (Å²) in [6.07, 6.45) is 3.49. The fourth-order valence-corrected chi connectivity index (χ4v) is 7.09. The van der Waals surface area contributed by atoms with Crippen molar-refractivity contribution < 1.29 is 33.7 Å². The van der Waals surface area contributed by atoms with Gasteiger partial charge in [-0.25, -0.2) is 4.79 Å². The molecule has 8 atom stereocenters. The van der Waals surface area contributed by atoms with Crippen LogP contribution < -0.4 is 0 Å². The Morgan fingerprint density at radius 2 is 1.81 bits per heavy atom. The highest BCUT2D eigenvalue weighted by atomic mass is 16.6. The fraction of sp³-hybridized carbons (Fsp3) is 0.552. The minimum absolute atomic E-state index is 0.140. The van der Waals surface area contributed by atoms with Gasteiger partial charge in [0.1, 0.15) is 11.7 Å². The van der Waals surface area contributed by atoms with E-state index in [2.05, 4.69) is 0 Å². The second-order valence-electron chi connectivity index (χ2n) is 11.5. The number of fused-ring (bicyclic) bond motifs is 5. The lowest BCUT2D eigenvalue weighted by molar-refractivity contribution is -0.247. The molecule has 4 unspecified atom stereocenters. The van der Waals surface area contributed by atoms with Gasteiger partial charge in [0.2, 0.25) is 0 Å². The Kier molecular flexibility index (Phi) is 5.80. The molecule has 192 valence electrons. The van der Waals surface area contributed by atoms with Crippen LogP contribution in [0.25, 0.3) is 0 Å². The van der Waals surface area contributed by atoms with Crippen LogP contribution in [0.2, 0.25) is 0 Å². The fourth-order valence-electron chi connectivity index (χ4n) is 7.09. The molecule has 2 fully saturated rings. The molecule has 36 heavy (non-hydrogen) atoms. The van der Waals surface area contributed by atoms with Crippen molar-refractivity contribution >= 4 is 17.7 Å². The normalized spacial score (nSPS) is 40.4. The van der Waals surface area contributed by atoms with Crippen LogP contribution in [0.3, 0.4) is 0 Å². The molecule has 1 saturated carbocycles. The quantitative estimate of drug-likeness (QED) is 0.506. The maximum absolute atomic E-state index is 14.4. The Bertz CT molecular complexity index is 1150. The van der Waals surface area contributed by atoms with Crippen molar-refractivity contribution in [2.24, 2.45) is 28.6 Å². The first kappa shape index (κ1) is 24.9. The number of carbonyl (C=O) groups excluding carboxylic acids is 3. The molecule has 0 spiro atoms. The largest absolute Gasteiger partial charge is 0.455 e. The zero-order valence-electron chi connectivity index (χ0n) is 21.4. The van der Waals surface area contributed by atoms with Crippen molar-refractivity contribution in [2.45, 2.75) is 65.0 Å². The van der Waals surface area contributed by atoms with Crippen LogP contribution in [-0.2, 0) is 23.8 Å². The summed E-state index contributed by atoms with van der Waals surface area (Å²) in [5.41, 5.74) is -2.40. The van der Waals surface area contributed by atoms with E-state index in [0.29, 0.717) is 12.2 Å². The number of hydrogen-bond acceptors (Lipinski definition) is 7. The van der Waals surface area contributed by atoms with Crippen molar-refractivity contribution in [3.05, 3.63) is 59.7 Å². The zero-order valence-corrected chi connectivity index (χ0v) is 21.4. The van der Waals surface area contributed by atoms with Crippen molar-refractivity contribution in [3.63, 3.8) is 0 Å². The Morgan fingerprint density at radius 3 is 2.42 bits per heavy atom. The second kappa shape index (κ2) is 8.38. The van der Waals surface area contributed by atoms with Crippen LogP contribution in [0.15, 0.2) is 54.1 Å². The maximum Gasteiger partial charge on any atom is 0.338 e. The molecular weight excluding hydrogens is 460 g/mol. The van der Waals surface area contributed by atoms with E-state index in [0.717, 1.165) is 5.57 Å². The lowest BCUT2D eigenvalue weighted by atomic mass is 9.46. The molecule has 0 amide bonds. The van der Waals surface area contributed by atoms with E-state index in [4.69, 9.17) is 14.2 Å². The first-order chi connectivity index (χ1) is 16.9. The van der Waals surface area contributed by atoms with E-state index in [1.165, 1.54) is 6.92 Å². The number of rotatable bonds is 3. The van der Waals surface area contributed by atoms with Crippen LogP contribution in [0.4, 0.5) is 0 Å². The molecule has 7 heteroatoms. The average molecular weight is 495 g/mol. The Morgan fingerprint density at radius 1 is 1.11 bits per heavy atom. The summed E-state index contributed by atoms with van der Waals surface area (Å²) in [4.78, 5) is 40.0. The standard InChI is InChI=1S/C29H34O7/c1-16-11-14-29(33)25(36-26(32)18-9-7-6-8-10-18)22-19-15-34-20(19)12-13-28(22,5)24(31)23(35-17(2)30)21(16)27(29,3)4/h6-13,19-23,25,33H,14-15H2,1-5H3/t19?,20-,21?,22?,23-,25?,28-,29-/m1/s1. The molecular formula is C29H34O7. The van der Waals surface area contributed by atoms with Gasteiger partial charge in [-0.05, 0) is 32.4 Å². The van der Waals surface area contributed by atoms with E-state index in [1.54, 1.807) is 37.3 Å². The number of carbonyl (C=O) groups is 3. The molecule has 3 aliphatic carbocycles. The highest BCUT2D eigenvalue weighted by molar-refractivity contribution is 5.94. The number of hydrogen-bond donors (Lipinski definition) is 1. The zero-order chi connectivity index (χ0) is 26.0. The van der Waals surface area contributed by atoms with Crippen LogP contribution in [0.5, 0.6) is 0 Å². The number of benzene rings is 1. The van der Waals surface area contributed by atoms with E-state index in [1.807, 2.05) is 39.0 Å². The predicted molar refractivity (Wildman–Crippen MR) is 131 cm³/mol. The highest BCUT2D eigenvalue weighted by Gasteiger charge is 2.69. The summed E-state index contributed by atoms with van der Waals surface area (Å²) in [5, 5.41) is 12.6. The molecule has 1 aromatic rings. The van der Waals surface area contributed by atoms with Gasteiger partial charge in [-0.2, -0.15) is 0 Å². The van der Waals surface area contributed by atoms with Crippen LogP contribution in [-0.4, -0.2) is 53.3 Å². The van der Waals surface area contributed by atoms with Gasteiger partial charge < -0.3 is 19.3 Å². The van der Waals surface area contributed by atoms with Crippen molar-refractivity contribution in [3.8, 4) is 0 Å². The summed E-state index contributed by atoms with van der Waals surface area (Å²) in [6.45, 7) is 9.13. The SMILES string of the molecule is CC(=O)O[C@H]1C(=O)[C@]2(C)C=C[C@H]3OCC3C2C(OC(=O)c2ccccc2)[C@]2(O)CC=C(C)C1C2(C)C. The number of aliphatic hydroxyl groups is 1. The summed E-state index contributed by atoms with van der Waals surface area (Å²) >= 11 is 0. The smallest absolute Gasteiger partial charge is 0.338 e. The van der Waals surface area contributed by atoms with Gasteiger partial charge in [-0.1, -0.05) is 55.8 Å². The molecule has 7 nitrogen and oxygen atoms in total. The molecule has 0 radical (unpaired) electrons. The molecule has 2 bridgehead atoms. The Balaban J connectivity index is 1.72. The third kappa shape index (κ3) is 3.43. The van der Waals surface area contributed by atoms with Gasteiger partial charge in [0.05, 0.1) is 23.7 Å². The first-order valence-corrected chi connectivity index (χ1v) is 12.6. The molecule has 4 aliphatic rings. The van der Waals surface area contributed by atoms with Gasteiger partial charge in [-0.15, -0.1) is 0 Å². The number of ketones is 1. The van der Waals surface area contributed by atoms with E-state index >= 15 is 0 Å². The minimum Gasteiger partial charge on any atom is -0.455 e. The van der Waals surface area contributed by atoms with Gasteiger partial charge in [0.25, 0.3) is 0 Å². The van der Waals surface area contributed by atoms with Gasteiger partial charge in [0.15, 0.2) is 11.9 Å². The maximum atomic E-state index is 14.4. The summed E-state index contributed by atoms with van der Waals surface area (Å²) in [6, 6.07) is 8.67. The van der Waals surface area contributed by atoms with Crippen LogP contribution >= 0.6 is 0 Å². The third-order valence-electron chi connectivity index (χ3n) is 9.23. The topological polar surface area (TPSA) is 99.1 Å². The molecule has 1 aliphatic heterocycles. The number of allylic oxidation sites excluding steroid dienone is 1.